The second-order valence-electron chi connectivity index (χ2n) is 7.90. The average molecular weight is 422 g/mol. The summed E-state index contributed by atoms with van der Waals surface area (Å²) in [5, 5.41) is 16.8. The first-order valence-electron chi connectivity index (χ1n) is 11.0. The van der Waals surface area contributed by atoms with E-state index in [1.54, 1.807) is 13.2 Å². The van der Waals surface area contributed by atoms with Gasteiger partial charge in [-0.1, -0.05) is 0 Å². The summed E-state index contributed by atoms with van der Waals surface area (Å²) in [6.45, 7) is 7.48. The van der Waals surface area contributed by atoms with Gasteiger partial charge in [0.15, 0.2) is 11.5 Å². The first-order chi connectivity index (χ1) is 14.6. The number of β-amino-alcohol motifs (C(OH)–C–C–N with tert-alkyl or cyclic N) is 1. The molecule has 2 aliphatic rings. The lowest BCUT2D eigenvalue weighted by molar-refractivity contribution is 0.0192. The zero-order chi connectivity index (χ0) is 21.3. The lowest BCUT2D eigenvalue weighted by Gasteiger charge is -2.36. The van der Waals surface area contributed by atoms with Gasteiger partial charge in [-0.15, -0.1) is 0 Å². The molecule has 1 saturated heterocycles. The van der Waals surface area contributed by atoms with Crippen LogP contribution in [-0.2, 0) is 4.74 Å². The number of hydrogen-bond donors (Lipinski definition) is 3. The molecular weight excluding hydrogens is 386 g/mol. The molecule has 1 unspecified atom stereocenters. The van der Waals surface area contributed by atoms with E-state index < -0.39 is 6.10 Å². The monoisotopic (exact) mass is 421 g/mol. The Kier molecular flexibility index (Phi) is 8.60. The van der Waals surface area contributed by atoms with Gasteiger partial charge in [0.25, 0.3) is 5.91 Å². The average Bonchev–Trinajstić information content (AvgIpc) is 2.98. The third kappa shape index (κ3) is 6.00. The molecule has 2 aliphatic heterocycles. The maximum atomic E-state index is 13.0. The van der Waals surface area contributed by atoms with Crippen LogP contribution >= 0.6 is 0 Å². The van der Waals surface area contributed by atoms with Crippen molar-refractivity contribution in [2.24, 2.45) is 5.92 Å². The molecule has 2 atom stereocenters. The minimum atomic E-state index is -0.452. The van der Waals surface area contributed by atoms with Gasteiger partial charge >= 0.3 is 0 Å². The number of aliphatic hydroxyl groups excluding tert-OH is 1. The maximum absolute atomic E-state index is 13.0. The van der Waals surface area contributed by atoms with E-state index in [1.165, 1.54) is 0 Å². The number of hydrogen-bond acceptors (Lipinski definition) is 7. The SMILES string of the molecule is CCNc1cc2c(c(C(=O)NC[C@@H]3CCN(CCCOC)CC3O)c1)OCCCO2. The highest BCUT2D eigenvalue weighted by Crippen LogP contribution is 2.36. The van der Waals surface area contributed by atoms with E-state index in [-0.39, 0.29) is 11.8 Å². The van der Waals surface area contributed by atoms with Crippen LogP contribution in [0.2, 0.25) is 0 Å². The van der Waals surface area contributed by atoms with Crippen LogP contribution in [0.3, 0.4) is 0 Å². The molecule has 1 aromatic rings. The second kappa shape index (κ2) is 11.4. The first kappa shape index (κ1) is 22.7. The van der Waals surface area contributed by atoms with E-state index in [1.807, 2.05) is 13.0 Å². The molecule has 1 amide bonds. The molecule has 30 heavy (non-hydrogen) atoms. The van der Waals surface area contributed by atoms with Gasteiger partial charge in [-0.2, -0.15) is 0 Å². The third-order valence-corrected chi connectivity index (χ3v) is 5.63. The summed E-state index contributed by atoms with van der Waals surface area (Å²) in [4.78, 5) is 15.2. The lowest BCUT2D eigenvalue weighted by atomic mass is 9.93. The Labute approximate surface area is 178 Å². The molecule has 8 nitrogen and oxygen atoms in total. The van der Waals surface area contributed by atoms with Gasteiger partial charge in [0.2, 0.25) is 0 Å². The van der Waals surface area contributed by atoms with Gasteiger partial charge in [-0.25, -0.2) is 0 Å². The number of methoxy groups -OCH3 is 1. The number of amides is 1. The highest BCUT2D eigenvalue weighted by molar-refractivity contribution is 5.99. The molecule has 0 saturated carbocycles. The second-order valence-corrected chi connectivity index (χ2v) is 7.90. The Morgan fingerprint density at radius 1 is 1.33 bits per heavy atom. The number of ether oxygens (including phenoxy) is 3. The fourth-order valence-electron chi connectivity index (χ4n) is 3.99. The summed E-state index contributed by atoms with van der Waals surface area (Å²) < 4.78 is 16.7. The minimum Gasteiger partial charge on any atom is -0.489 e. The van der Waals surface area contributed by atoms with Gasteiger partial charge in [0.05, 0.1) is 24.9 Å². The number of carbonyl (C=O) groups is 1. The maximum Gasteiger partial charge on any atom is 0.255 e. The fourth-order valence-corrected chi connectivity index (χ4v) is 3.99. The summed E-state index contributed by atoms with van der Waals surface area (Å²) >= 11 is 0. The number of carbonyl (C=O) groups excluding carboxylic acids is 1. The Balaban J connectivity index is 1.60. The van der Waals surface area contributed by atoms with Crippen molar-refractivity contribution in [3.8, 4) is 11.5 Å². The molecule has 0 radical (unpaired) electrons. The molecule has 0 spiro atoms. The Bertz CT molecular complexity index is 700. The van der Waals surface area contributed by atoms with Crippen LogP contribution in [0.1, 0.15) is 36.5 Å². The van der Waals surface area contributed by atoms with Crippen LogP contribution < -0.4 is 20.1 Å². The van der Waals surface area contributed by atoms with Crippen LogP contribution in [0.5, 0.6) is 11.5 Å². The van der Waals surface area contributed by atoms with Crippen molar-refractivity contribution in [3.05, 3.63) is 17.7 Å². The van der Waals surface area contributed by atoms with Crippen molar-refractivity contribution in [2.45, 2.75) is 32.3 Å². The zero-order valence-corrected chi connectivity index (χ0v) is 18.1. The predicted octanol–water partition coefficient (Wildman–Crippen LogP) is 1.73. The Hall–Kier alpha value is -2.03. The number of likely N-dealkylation sites (tertiary alicyclic amines) is 1. The Morgan fingerprint density at radius 2 is 2.17 bits per heavy atom. The van der Waals surface area contributed by atoms with E-state index in [9.17, 15) is 9.90 Å². The number of aliphatic hydroxyl groups is 1. The number of nitrogens with zero attached hydrogens (tertiary/aromatic N) is 1. The quantitative estimate of drug-likeness (QED) is 0.523. The van der Waals surface area contributed by atoms with Gasteiger partial charge in [-0.3, -0.25) is 4.79 Å². The summed E-state index contributed by atoms with van der Waals surface area (Å²) in [6, 6.07) is 3.69. The normalized spacial score (nSPS) is 21.7. The predicted molar refractivity (Wildman–Crippen MR) is 116 cm³/mol. The van der Waals surface area contributed by atoms with Crippen LogP contribution in [0.15, 0.2) is 12.1 Å². The number of benzene rings is 1. The number of anilines is 1. The summed E-state index contributed by atoms with van der Waals surface area (Å²) in [5.74, 6) is 0.937. The molecule has 8 heteroatoms. The molecule has 1 aromatic carbocycles. The van der Waals surface area contributed by atoms with Crippen molar-refractivity contribution in [1.82, 2.24) is 10.2 Å². The number of rotatable bonds is 9. The van der Waals surface area contributed by atoms with Crippen molar-refractivity contribution in [1.29, 1.82) is 0 Å². The third-order valence-electron chi connectivity index (χ3n) is 5.63. The van der Waals surface area contributed by atoms with Crippen LogP contribution in [0.4, 0.5) is 5.69 Å². The molecule has 1 fully saturated rings. The zero-order valence-electron chi connectivity index (χ0n) is 18.1. The highest BCUT2D eigenvalue weighted by Gasteiger charge is 2.28. The molecule has 0 bridgehead atoms. The fraction of sp³-hybridized carbons (Fsp3) is 0.682. The van der Waals surface area contributed by atoms with Gasteiger partial charge < -0.3 is 34.9 Å². The summed E-state index contributed by atoms with van der Waals surface area (Å²) in [5.41, 5.74) is 1.30. The van der Waals surface area contributed by atoms with Gasteiger partial charge in [0, 0.05) is 64.0 Å². The van der Waals surface area contributed by atoms with Crippen molar-refractivity contribution >= 4 is 11.6 Å². The minimum absolute atomic E-state index is 0.0420. The molecule has 0 aromatic heterocycles. The van der Waals surface area contributed by atoms with Gasteiger partial charge in [0.1, 0.15) is 0 Å². The number of piperidine rings is 1. The molecular formula is C22H35N3O5. The topological polar surface area (TPSA) is 92.3 Å². The van der Waals surface area contributed by atoms with Gasteiger partial charge in [-0.05, 0) is 32.4 Å². The Morgan fingerprint density at radius 3 is 2.93 bits per heavy atom. The molecule has 3 rings (SSSR count). The van der Waals surface area contributed by atoms with Crippen LogP contribution in [0, 0.1) is 5.92 Å². The number of fused-ring (bicyclic) bond motifs is 1. The summed E-state index contributed by atoms with van der Waals surface area (Å²) in [7, 11) is 1.70. The van der Waals surface area contributed by atoms with Crippen molar-refractivity contribution in [3.63, 3.8) is 0 Å². The van der Waals surface area contributed by atoms with E-state index >= 15 is 0 Å². The largest absolute Gasteiger partial charge is 0.489 e. The van der Waals surface area contributed by atoms with Crippen LogP contribution in [0.25, 0.3) is 0 Å². The standard InChI is InChI=1S/C22H35N3O5/c1-3-23-17-12-18(21-20(13-17)29-10-5-11-30-21)22(27)24-14-16-6-8-25(15-19(16)26)7-4-9-28-2/h12-13,16,19,23,26H,3-11,14-15H2,1-2H3,(H,24,27)/t16-,19?/m0/s1. The van der Waals surface area contributed by atoms with Crippen molar-refractivity contribution < 1.29 is 24.1 Å². The first-order valence-corrected chi connectivity index (χ1v) is 11.0. The molecule has 2 heterocycles. The summed E-state index contributed by atoms with van der Waals surface area (Å²) in [6.07, 6.45) is 2.14. The van der Waals surface area contributed by atoms with E-state index in [2.05, 4.69) is 15.5 Å². The highest BCUT2D eigenvalue weighted by atomic mass is 16.5. The molecule has 3 N–H and O–H groups in total. The molecule has 0 aliphatic carbocycles. The smallest absolute Gasteiger partial charge is 0.255 e. The van der Waals surface area contributed by atoms with E-state index in [0.717, 1.165) is 51.2 Å². The lowest BCUT2D eigenvalue weighted by Crippen LogP contribution is -2.48. The van der Waals surface area contributed by atoms with Crippen LogP contribution in [-0.4, -0.2) is 81.7 Å². The van der Waals surface area contributed by atoms with Crippen molar-refractivity contribution in [2.75, 3.05) is 65.0 Å². The van der Waals surface area contributed by atoms with E-state index in [4.69, 9.17) is 14.2 Å². The number of nitrogens with one attached hydrogen (secondary N) is 2. The van der Waals surface area contributed by atoms with E-state index in [0.29, 0.717) is 43.4 Å². The molecule has 168 valence electrons.